The second-order valence-electron chi connectivity index (χ2n) is 6.14. The van der Waals surface area contributed by atoms with Crippen molar-refractivity contribution in [1.29, 1.82) is 5.26 Å². The van der Waals surface area contributed by atoms with Crippen LogP contribution in [0.15, 0.2) is 49.1 Å². The summed E-state index contributed by atoms with van der Waals surface area (Å²) < 4.78 is 9.40. The maximum absolute atomic E-state index is 9.43. The summed E-state index contributed by atoms with van der Waals surface area (Å²) in [5.41, 5.74) is 9.51. The number of hydrogen-bond donors (Lipinski definition) is 1. The predicted octanol–water partition coefficient (Wildman–Crippen LogP) is 2.72. The van der Waals surface area contributed by atoms with Gasteiger partial charge in [-0.25, -0.2) is 4.52 Å². The van der Waals surface area contributed by atoms with Gasteiger partial charge >= 0.3 is 0 Å². The van der Waals surface area contributed by atoms with Gasteiger partial charge in [-0.05, 0) is 25.1 Å². The molecule has 0 aromatic carbocycles. The van der Waals surface area contributed by atoms with Crippen LogP contribution in [-0.4, -0.2) is 24.4 Å². The Bertz CT molecular complexity index is 1150. The van der Waals surface area contributed by atoms with Crippen LogP contribution in [0.2, 0.25) is 0 Å². The number of hydrogen-bond acceptors (Lipinski definition) is 6. The van der Waals surface area contributed by atoms with Crippen molar-refractivity contribution < 1.29 is 4.74 Å². The number of rotatable bonds is 4. The third-order valence-corrected chi connectivity index (χ3v) is 4.40. The van der Waals surface area contributed by atoms with Gasteiger partial charge in [0.2, 0.25) is 0 Å². The minimum absolute atomic E-state index is 0.307. The van der Waals surface area contributed by atoms with E-state index >= 15 is 0 Å². The highest BCUT2D eigenvalue weighted by atomic mass is 16.5. The third kappa shape index (κ3) is 2.85. The average molecular weight is 359 g/mol. The molecular formula is C19H17N7O. The van der Waals surface area contributed by atoms with Crippen molar-refractivity contribution in [2.45, 2.75) is 13.0 Å². The topological polar surface area (TPSA) is 107 Å². The molecule has 0 fully saturated rings. The molecule has 8 heteroatoms. The van der Waals surface area contributed by atoms with E-state index in [1.54, 1.807) is 28.6 Å². The van der Waals surface area contributed by atoms with Gasteiger partial charge in [0, 0.05) is 30.6 Å². The monoisotopic (exact) mass is 359 g/mol. The van der Waals surface area contributed by atoms with Crippen molar-refractivity contribution in [3.63, 3.8) is 0 Å². The number of nitriles is 1. The quantitative estimate of drug-likeness (QED) is 0.600. The number of nitrogen functional groups attached to an aromatic ring is 1. The Morgan fingerprint density at radius 3 is 2.78 bits per heavy atom. The molecule has 0 saturated heterocycles. The fourth-order valence-corrected chi connectivity index (χ4v) is 2.94. The van der Waals surface area contributed by atoms with Crippen LogP contribution in [0.5, 0.6) is 5.75 Å². The molecule has 0 bridgehead atoms. The second kappa shape index (κ2) is 6.46. The molecule has 0 aliphatic heterocycles. The van der Waals surface area contributed by atoms with Gasteiger partial charge in [0.1, 0.15) is 34.8 Å². The largest absolute Gasteiger partial charge is 0.482 e. The summed E-state index contributed by atoms with van der Waals surface area (Å²) in [5.74, 6) is 1.06. The maximum Gasteiger partial charge on any atom is 0.148 e. The summed E-state index contributed by atoms with van der Waals surface area (Å²) in [4.78, 5) is 4.34. The van der Waals surface area contributed by atoms with Gasteiger partial charge < -0.3 is 10.5 Å². The molecule has 0 aliphatic rings. The van der Waals surface area contributed by atoms with E-state index in [0.29, 0.717) is 22.6 Å². The standard InChI is InChI=1S/C19H17N7O/c1-12(16-5-3-4-6-22-16)27-17-7-13(15-10-23-25(2)19(15)21)11-26-18(17)14(8-20)9-24-26/h3-7,9-12H,21H2,1-2H3/t12-/m1/s1. The van der Waals surface area contributed by atoms with Crippen LogP contribution in [0.3, 0.4) is 0 Å². The van der Waals surface area contributed by atoms with E-state index in [2.05, 4.69) is 21.3 Å². The van der Waals surface area contributed by atoms with Crippen LogP contribution in [0.25, 0.3) is 16.6 Å². The Morgan fingerprint density at radius 2 is 2.11 bits per heavy atom. The summed E-state index contributed by atoms with van der Waals surface area (Å²) in [6.45, 7) is 1.91. The van der Waals surface area contributed by atoms with Crippen LogP contribution in [-0.2, 0) is 7.05 Å². The summed E-state index contributed by atoms with van der Waals surface area (Å²) >= 11 is 0. The molecule has 0 radical (unpaired) electrons. The average Bonchev–Trinajstić information content (AvgIpc) is 3.26. The highest BCUT2D eigenvalue weighted by Crippen LogP contribution is 2.34. The highest BCUT2D eigenvalue weighted by Gasteiger charge is 2.18. The van der Waals surface area contributed by atoms with Gasteiger partial charge in [-0.15, -0.1) is 0 Å². The molecule has 4 aromatic heterocycles. The van der Waals surface area contributed by atoms with Gasteiger partial charge in [-0.2, -0.15) is 15.5 Å². The molecule has 0 spiro atoms. The Balaban J connectivity index is 1.85. The molecule has 0 aliphatic carbocycles. The van der Waals surface area contributed by atoms with Crippen molar-refractivity contribution in [3.05, 3.63) is 60.3 Å². The van der Waals surface area contributed by atoms with E-state index in [4.69, 9.17) is 10.5 Å². The summed E-state index contributed by atoms with van der Waals surface area (Å²) in [7, 11) is 1.78. The molecule has 4 aromatic rings. The Labute approximate surface area is 155 Å². The van der Waals surface area contributed by atoms with Crippen molar-refractivity contribution in [3.8, 4) is 22.9 Å². The van der Waals surface area contributed by atoms with Gasteiger partial charge in [0.05, 0.1) is 18.1 Å². The first kappa shape index (κ1) is 16.6. The molecule has 4 rings (SSSR count). The van der Waals surface area contributed by atoms with Crippen LogP contribution < -0.4 is 10.5 Å². The van der Waals surface area contributed by atoms with Crippen molar-refractivity contribution >= 4 is 11.3 Å². The van der Waals surface area contributed by atoms with E-state index in [1.807, 2.05) is 37.4 Å². The SMILES string of the molecule is C[C@@H](Oc1cc(-c2cnn(C)c2N)cn2ncc(C#N)c12)c1ccccn1. The molecule has 8 nitrogen and oxygen atoms in total. The summed E-state index contributed by atoms with van der Waals surface area (Å²) in [6, 6.07) is 9.66. The molecule has 0 saturated carbocycles. The third-order valence-electron chi connectivity index (χ3n) is 4.40. The van der Waals surface area contributed by atoms with Gasteiger partial charge in [0.25, 0.3) is 0 Å². The molecule has 27 heavy (non-hydrogen) atoms. The number of anilines is 1. The van der Waals surface area contributed by atoms with Gasteiger partial charge in [-0.3, -0.25) is 9.67 Å². The number of aryl methyl sites for hydroxylation is 1. The first-order valence-electron chi connectivity index (χ1n) is 8.35. The Morgan fingerprint density at radius 1 is 1.26 bits per heavy atom. The summed E-state index contributed by atoms with van der Waals surface area (Å²) in [5, 5.41) is 17.9. The van der Waals surface area contributed by atoms with Crippen molar-refractivity contribution in [2.24, 2.45) is 7.05 Å². The number of pyridine rings is 2. The number of nitrogens with two attached hydrogens (primary N) is 1. The lowest BCUT2D eigenvalue weighted by Crippen LogP contribution is -2.06. The fourth-order valence-electron chi connectivity index (χ4n) is 2.94. The molecule has 2 N–H and O–H groups in total. The zero-order chi connectivity index (χ0) is 19.0. The number of fused-ring (bicyclic) bond motifs is 1. The smallest absolute Gasteiger partial charge is 0.148 e. The minimum Gasteiger partial charge on any atom is -0.482 e. The van der Waals surface area contributed by atoms with E-state index in [-0.39, 0.29) is 6.10 Å². The fraction of sp³-hybridized carbons (Fsp3) is 0.158. The van der Waals surface area contributed by atoms with E-state index < -0.39 is 0 Å². The molecule has 4 heterocycles. The number of ether oxygens (including phenoxy) is 1. The zero-order valence-electron chi connectivity index (χ0n) is 14.9. The lowest BCUT2D eigenvalue weighted by molar-refractivity contribution is 0.224. The predicted molar refractivity (Wildman–Crippen MR) is 99.8 cm³/mol. The zero-order valence-corrected chi connectivity index (χ0v) is 14.9. The van der Waals surface area contributed by atoms with E-state index in [0.717, 1.165) is 16.8 Å². The first-order chi connectivity index (χ1) is 13.1. The molecular weight excluding hydrogens is 342 g/mol. The molecule has 1 atom stereocenters. The normalized spacial score (nSPS) is 12.0. The molecule has 0 unspecified atom stereocenters. The second-order valence-corrected chi connectivity index (χ2v) is 6.14. The van der Waals surface area contributed by atoms with Crippen LogP contribution in [0, 0.1) is 11.3 Å². The number of nitrogens with zero attached hydrogens (tertiary/aromatic N) is 6. The summed E-state index contributed by atoms with van der Waals surface area (Å²) in [6.07, 6.45) is 6.43. The van der Waals surface area contributed by atoms with Gasteiger partial charge in [-0.1, -0.05) is 6.07 Å². The first-order valence-corrected chi connectivity index (χ1v) is 8.35. The van der Waals surface area contributed by atoms with E-state index in [9.17, 15) is 5.26 Å². The van der Waals surface area contributed by atoms with Gasteiger partial charge in [0.15, 0.2) is 0 Å². The van der Waals surface area contributed by atoms with Crippen LogP contribution >= 0.6 is 0 Å². The maximum atomic E-state index is 9.43. The van der Waals surface area contributed by atoms with Crippen molar-refractivity contribution in [1.82, 2.24) is 24.4 Å². The van der Waals surface area contributed by atoms with Crippen LogP contribution in [0.1, 0.15) is 24.3 Å². The Hall–Kier alpha value is -3.86. The number of aromatic nitrogens is 5. The minimum atomic E-state index is -0.307. The van der Waals surface area contributed by atoms with E-state index in [1.165, 1.54) is 6.20 Å². The highest BCUT2D eigenvalue weighted by molar-refractivity contribution is 5.79. The van der Waals surface area contributed by atoms with Crippen molar-refractivity contribution in [2.75, 3.05) is 5.73 Å². The molecule has 0 amide bonds. The Kier molecular flexibility index (Phi) is 3.97. The lowest BCUT2D eigenvalue weighted by Gasteiger charge is -2.16. The lowest BCUT2D eigenvalue weighted by atomic mass is 10.1. The molecule has 134 valence electrons. The van der Waals surface area contributed by atoms with Crippen LogP contribution in [0.4, 0.5) is 5.82 Å².